The number of rotatable bonds is 14. The lowest BCUT2D eigenvalue weighted by Crippen LogP contribution is -2.42. The Labute approximate surface area is 204 Å². The Morgan fingerprint density at radius 1 is 0.970 bits per heavy atom. The summed E-state index contributed by atoms with van der Waals surface area (Å²) in [6.45, 7) is 0. The summed E-state index contributed by atoms with van der Waals surface area (Å²) in [5.74, 6) is 0.446. The van der Waals surface area contributed by atoms with Gasteiger partial charge in [0, 0.05) is 49.0 Å². The first-order valence-corrected chi connectivity index (χ1v) is 13.1. The molecular weight excluding hydrogens is 456 g/mol. The predicted octanol–water partition coefficient (Wildman–Crippen LogP) is 4.69. The highest BCUT2D eigenvalue weighted by atomic mass is 32.2. The van der Waals surface area contributed by atoms with E-state index in [9.17, 15) is 19.5 Å². The largest absolute Gasteiger partial charge is 0.480 e. The van der Waals surface area contributed by atoms with Crippen LogP contribution in [0.1, 0.15) is 41.6 Å². The number of anilines is 1. The molecule has 33 heavy (non-hydrogen) atoms. The van der Waals surface area contributed by atoms with Crippen molar-refractivity contribution in [1.29, 1.82) is 0 Å². The number of amides is 1. The molecule has 0 saturated carbocycles. The third-order valence-electron chi connectivity index (χ3n) is 4.93. The number of hydrogen-bond donors (Lipinski definition) is 2. The molecule has 0 aliphatic rings. The zero-order valence-electron chi connectivity index (χ0n) is 19.2. The van der Waals surface area contributed by atoms with Crippen molar-refractivity contribution >= 4 is 46.2 Å². The number of hydrogen-bond acceptors (Lipinski definition) is 6. The Morgan fingerprint density at radius 2 is 1.67 bits per heavy atom. The fraction of sp³-hybridized carbons (Fsp3) is 0.400. The van der Waals surface area contributed by atoms with Crippen molar-refractivity contribution in [2.45, 2.75) is 37.5 Å². The van der Waals surface area contributed by atoms with Gasteiger partial charge < -0.3 is 15.3 Å². The van der Waals surface area contributed by atoms with Crippen LogP contribution in [0.5, 0.6) is 0 Å². The summed E-state index contributed by atoms with van der Waals surface area (Å²) in [4.78, 5) is 37.7. The Kier molecular flexibility index (Phi) is 11.9. The molecule has 6 nitrogen and oxygen atoms in total. The molecule has 178 valence electrons. The lowest BCUT2D eigenvalue weighted by atomic mass is 10.2. The molecule has 2 rings (SSSR count). The molecule has 0 aliphatic heterocycles. The summed E-state index contributed by atoms with van der Waals surface area (Å²) in [5, 5.41) is 12.1. The van der Waals surface area contributed by atoms with E-state index >= 15 is 0 Å². The summed E-state index contributed by atoms with van der Waals surface area (Å²) < 4.78 is 0. The first-order chi connectivity index (χ1) is 15.9. The second-order valence-corrected chi connectivity index (χ2v) is 9.94. The predicted molar refractivity (Wildman–Crippen MR) is 138 cm³/mol. The van der Waals surface area contributed by atoms with E-state index in [2.05, 4.69) is 5.32 Å². The fourth-order valence-corrected chi connectivity index (χ4v) is 4.86. The van der Waals surface area contributed by atoms with E-state index in [4.69, 9.17) is 0 Å². The van der Waals surface area contributed by atoms with Crippen LogP contribution < -0.4 is 10.2 Å². The quantitative estimate of drug-likeness (QED) is 0.373. The molecule has 2 aromatic carbocycles. The van der Waals surface area contributed by atoms with E-state index in [-0.39, 0.29) is 17.4 Å². The second-order valence-electron chi connectivity index (χ2n) is 7.85. The third-order valence-corrected chi connectivity index (χ3v) is 7.03. The van der Waals surface area contributed by atoms with E-state index in [0.717, 1.165) is 24.1 Å². The number of aliphatic carboxylic acids is 1. The van der Waals surface area contributed by atoms with Crippen molar-refractivity contribution in [1.82, 2.24) is 5.32 Å². The highest BCUT2D eigenvalue weighted by Crippen LogP contribution is 2.18. The van der Waals surface area contributed by atoms with Gasteiger partial charge in [0.15, 0.2) is 0 Å². The van der Waals surface area contributed by atoms with E-state index in [1.807, 2.05) is 61.5 Å². The number of benzene rings is 2. The van der Waals surface area contributed by atoms with Crippen LogP contribution in [0.25, 0.3) is 0 Å². The van der Waals surface area contributed by atoms with Crippen molar-refractivity contribution in [2.75, 3.05) is 30.5 Å². The first-order valence-electron chi connectivity index (χ1n) is 10.9. The fourth-order valence-electron chi connectivity index (χ4n) is 3.01. The molecule has 0 saturated heterocycles. The van der Waals surface area contributed by atoms with Gasteiger partial charge in [-0.15, -0.1) is 0 Å². The lowest BCUT2D eigenvalue weighted by Gasteiger charge is -2.15. The number of carbonyl (C=O) groups is 3. The van der Waals surface area contributed by atoms with E-state index < -0.39 is 12.0 Å². The minimum atomic E-state index is -1.02. The Morgan fingerprint density at radius 3 is 2.30 bits per heavy atom. The number of thioether (sulfide) groups is 2. The number of carbonyl (C=O) groups excluding carboxylic acids is 2. The zero-order valence-corrected chi connectivity index (χ0v) is 20.8. The van der Waals surface area contributed by atoms with Gasteiger partial charge in [0.2, 0.25) is 11.0 Å². The van der Waals surface area contributed by atoms with E-state index in [1.165, 1.54) is 23.5 Å². The van der Waals surface area contributed by atoms with Crippen molar-refractivity contribution in [3.8, 4) is 0 Å². The topological polar surface area (TPSA) is 86.7 Å². The molecule has 1 amide bonds. The maximum atomic E-state index is 12.2. The molecule has 0 bridgehead atoms. The van der Waals surface area contributed by atoms with Gasteiger partial charge in [0.1, 0.15) is 6.04 Å². The molecular formula is C25H32N2O4S2. The van der Waals surface area contributed by atoms with Crippen molar-refractivity contribution in [3.63, 3.8) is 0 Å². The third kappa shape index (κ3) is 10.4. The Bertz CT molecular complexity index is 889. The van der Waals surface area contributed by atoms with Crippen LogP contribution in [0, 0.1) is 0 Å². The highest BCUT2D eigenvalue weighted by Gasteiger charge is 2.19. The van der Waals surface area contributed by atoms with Crippen molar-refractivity contribution in [3.05, 3.63) is 65.7 Å². The van der Waals surface area contributed by atoms with Gasteiger partial charge in [-0.2, -0.15) is 11.8 Å². The van der Waals surface area contributed by atoms with Crippen molar-refractivity contribution < 1.29 is 19.5 Å². The lowest BCUT2D eigenvalue weighted by molar-refractivity contribution is -0.141. The minimum absolute atomic E-state index is 0.0591. The van der Waals surface area contributed by atoms with Crippen LogP contribution in [0.15, 0.2) is 54.6 Å². The molecule has 1 atom stereocenters. The van der Waals surface area contributed by atoms with Gasteiger partial charge >= 0.3 is 5.97 Å². The van der Waals surface area contributed by atoms with Gasteiger partial charge in [-0.05, 0) is 30.5 Å². The maximum Gasteiger partial charge on any atom is 0.327 e. The zero-order chi connectivity index (χ0) is 24.1. The van der Waals surface area contributed by atoms with Gasteiger partial charge in [-0.1, -0.05) is 60.6 Å². The summed E-state index contributed by atoms with van der Waals surface area (Å²) in [6.07, 6.45) is 2.61. The van der Waals surface area contributed by atoms with Crippen LogP contribution in [-0.4, -0.2) is 53.7 Å². The molecule has 0 spiro atoms. The summed E-state index contributed by atoms with van der Waals surface area (Å²) >= 11 is 2.78. The molecule has 8 heteroatoms. The van der Waals surface area contributed by atoms with Crippen LogP contribution in [0.2, 0.25) is 0 Å². The second kappa shape index (κ2) is 14.6. The average Bonchev–Trinajstić information content (AvgIpc) is 2.81. The summed E-state index contributed by atoms with van der Waals surface area (Å²) in [6, 6.07) is 16.4. The number of carboxylic acids is 1. The SMILES string of the molecule is CN(C)c1ccc(CSC[C@H](NC(=O)CCCCCSC(=O)c2ccccc2)C(=O)O)cc1. The highest BCUT2D eigenvalue weighted by molar-refractivity contribution is 8.14. The number of nitrogens with zero attached hydrogens (tertiary/aromatic N) is 1. The molecule has 0 unspecified atom stereocenters. The van der Waals surface area contributed by atoms with Gasteiger partial charge in [0.05, 0.1) is 0 Å². The van der Waals surface area contributed by atoms with Gasteiger partial charge in [-0.25, -0.2) is 4.79 Å². The molecule has 2 aromatic rings. The van der Waals surface area contributed by atoms with E-state index in [0.29, 0.717) is 29.2 Å². The first kappa shape index (κ1) is 26.8. The molecule has 2 N–H and O–H groups in total. The minimum Gasteiger partial charge on any atom is -0.480 e. The number of carboxylic acid groups (broad SMARTS) is 1. The van der Waals surface area contributed by atoms with Crippen LogP contribution in [0.3, 0.4) is 0 Å². The monoisotopic (exact) mass is 488 g/mol. The van der Waals surface area contributed by atoms with Gasteiger partial charge in [0.25, 0.3) is 0 Å². The Hall–Kier alpha value is -2.45. The van der Waals surface area contributed by atoms with Crippen molar-refractivity contribution in [2.24, 2.45) is 0 Å². The van der Waals surface area contributed by atoms with Crippen LogP contribution in [0.4, 0.5) is 5.69 Å². The molecule has 0 radical (unpaired) electrons. The summed E-state index contributed by atoms with van der Waals surface area (Å²) in [5.41, 5.74) is 2.93. The smallest absolute Gasteiger partial charge is 0.327 e. The maximum absolute atomic E-state index is 12.2. The summed E-state index contributed by atoms with van der Waals surface area (Å²) in [7, 11) is 3.96. The molecule has 0 fully saturated rings. The van der Waals surface area contributed by atoms with Crippen LogP contribution >= 0.6 is 23.5 Å². The molecule has 0 aromatic heterocycles. The van der Waals surface area contributed by atoms with Crippen LogP contribution in [-0.2, 0) is 15.3 Å². The number of nitrogens with one attached hydrogen (secondary N) is 1. The average molecular weight is 489 g/mol. The Balaban J connectivity index is 1.61. The van der Waals surface area contributed by atoms with E-state index in [1.54, 1.807) is 12.1 Å². The molecule has 0 aliphatic carbocycles. The van der Waals surface area contributed by atoms with Gasteiger partial charge in [-0.3, -0.25) is 9.59 Å². The normalized spacial score (nSPS) is 11.6. The number of unbranched alkanes of at least 4 members (excludes halogenated alkanes) is 2. The standard InChI is InChI=1S/C25H32N2O4S2/c1-27(2)21-14-12-19(13-15-21)17-32-18-22(24(29)30)26-23(28)11-7-4-8-16-33-25(31)20-9-5-3-6-10-20/h3,5-6,9-10,12-15,22H,4,7-8,11,16-18H2,1-2H3,(H,26,28)(H,29,30)/t22-/m0/s1. The molecule has 0 heterocycles.